The summed E-state index contributed by atoms with van der Waals surface area (Å²) < 4.78 is 1.64. The van der Waals surface area contributed by atoms with Crippen molar-refractivity contribution in [2.24, 2.45) is 5.92 Å². The third-order valence-electron chi connectivity index (χ3n) is 4.67. The molecule has 3 rings (SSSR count). The summed E-state index contributed by atoms with van der Waals surface area (Å²) in [5.41, 5.74) is 1.16. The number of carbonyl (C=O) groups excluding carboxylic acids is 1. The van der Waals surface area contributed by atoms with Crippen molar-refractivity contribution in [3.05, 3.63) is 58.0 Å². The van der Waals surface area contributed by atoms with Crippen LogP contribution in [-0.2, 0) is 0 Å². The smallest absolute Gasteiger partial charge is 0.276 e. The quantitative estimate of drug-likeness (QED) is 0.944. The fraction of sp³-hybridized carbons (Fsp3) is 0.421. The molecule has 0 atom stereocenters. The normalized spacial score (nSPS) is 20.6. The van der Waals surface area contributed by atoms with Crippen molar-refractivity contribution >= 4 is 5.91 Å². The first kappa shape index (κ1) is 16.4. The Morgan fingerprint density at radius 1 is 1.17 bits per heavy atom. The van der Waals surface area contributed by atoms with E-state index in [-0.39, 0.29) is 23.1 Å². The van der Waals surface area contributed by atoms with E-state index in [0.717, 1.165) is 31.4 Å². The molecule has 0 aliphatic heterocycles. The number of aryl methyl sites for hydroxylation is 1. The van der Waals surface area contributed by atoms with Gasteiger partial charge in [0.25, 0.3) is 5.91 Å². The number of benzene rings is 1. The molecule has 24 heavy (non-hydrogen) atoms. The fourth-order valence-electron chi connectivity index (χ4n) is 3.19. The van der Waals surface area contributed by atoms with E-state index in [0.29, 0.717) is 11.6 Å². The molecule has 2 aromatic rings. The largest absolute Gasteiger partial charge is 0.348 e. The number of amides is 1. The summed E-state index contributed by atoms with van der Waals surface area (Å²) >= 11 is 0. The monoisotopic (exact) mass is 325 g/mol. The fourth-order valence-corrected chi connectivity index (χ4v) is 3.19. The summed E-state index contributed by atoms with van der Waals surface area (Å²) in [6.45, 7) is 4.05. The van der Waals surface area contributed by atoms with Gasteiger partial charge in [-0.05, 0) is 50.7 Å². The Bertz CT molecular complexity index is 775. The number of hydrogen-bond donors (Lipinski definition) is 1. The summed E-state index contributed by atoms with van der Waals surface area (Å²) in [7, 11) is 0. The lowest BCUT2D eigenvalue weighted by atomic mass is 9.87. The highest BCUT2D eigenvalue weighted by atomic mass is 16.2. The summed E-state index contributed by atoms with van der Waals surface area (Å²) in [6.07, 6.45) is 4.15. The number of aromatic nitrogens is 2. The maximum absolute atomic E-state index is 12.5. The minimum absolute atomic E-state index is 0.0388. The molecule has 1 saturated carbocycles. The standard InChI is InChI=1S/C19H23N3O2/c1-13-8-10-15(11-9-13)20-19(24)18-17(23)12-14(2)22(21-18)16-6-4-3-5-7-16/h3-7,12-13,15H,8-11H2,1-2H3,(H,20,24). The Labute approximate surface area is 141 Å². The van der Waals surface area contributed by atoms with Gasteiger partial charge in [0.05, 0.1) is 5.69 Å². The summed E-state index contributed by atoms with van der Waals surface area (Å²) in [4.78, 5) is 24.7. The van der Waals surface area contributed by atoms with E-state index in [1.54, 1.807) is 4.68 Å². The topological polar surface area (TPSA) is 64.0 Å². The van der Waals surface area contributed by atoms with Crippen molar-refractivity contribution < 1.29 is 4.79 Å². The van der Waals surface area contributed by atoms with E-state index in [9.17, 15) is 9.59 Å². The molecule has 1 aliphatic carbocycles. The van der Waals surface area contributed by atoms with Gasteiger partial charge in [0.2, 0.25) is 5.43 Å². The van der Waals surface area contributed by atoms with E-state index in [1.807, 2.05) is 37.3 Å². The number of rotatable bonds is 3. The van der Waals surface area contributed by atoms with Crippen LogP contribution in [0.4, 0.5) is 0 Å². The van der Waals surface area contributed by atoms with Crippen molar-refractivity contribution in [1.29, 1.82) is 0 Å². The highest BCUT2D eigenvalue weighted by Crippen LogP contribution is 2.23. The van der Waals surface area contributed by atoms with Gasteiger partial charge in [-0.1, -0.05) is 25.1 Å². The summed E-state index contributed by atoms with van der Waals surface area (Å²) in [6, 6.07) is 11.1. The second kappa shape index (κ2) is 6.99. The minimum Gasteiger partial charge on any atom is -0.348 e. The van der Waals surface area contributed by atoms with Gasteiger partial charge in [-0.3, -0.25) is 9.59 Å². The molecule has 0 radical (unpaired) electrons. The van der Waals surface area contributed by atoms with Crippen LogP contribution < -0.4 is 10.7 Å². The van der Waals surface area contributed by atoms with E-state index >= 15 is 0 Å². The van der Waals surface area contributed by atoms with Crippen LogP contribution in [0.3, 0.4) is 0 Å². The molecule has 5 heteroatoms. The first-order valence-electron chi connectivity index (χ1n) is 8.52. The number of carbonyl (C=O) groups is 1. The zero-order valence-corrected chi connectivity index (χ0v) is 14.2. The van der Waals surface area contributed by atoms with Gasteiger partial charge in [0.1, 0.15) is 0 Å². The Morgan fingerprint density at radius 2 is 1.83 bits per heavy atom. The lowest BCUT2D eigenvalue weighted by Gasteiger charge is -2.26. The van der Waals surface area contributed by atoms with Gasteiger partial charge in [0, 0.05) is 17.8 Å². The number of nitrogens with one attached hydrogen (secondary N) is 1. The second-order valence-electron chi connectivity index (χ2n) is 6.68. The summed E-state index contributed by atoms with van der Waals surface area (Å²) in [5, 5.41) is 7.29. The van der Waals surface area contributed by atoms with Crippen molar-refractivity contribution in [2.45, 2.75) is 45.6 Å². The van der Waals surface area contributed by atoms with Crippen LogP contribution in [0.15, 0.2) is 41.2 Å². The molecule has 1 N–H and O–H groups in total. The zero-order valence-electron chi connectivity index (χ0n) is 14.2. The molecular weight excluding hydrogens is 302 g/mol. The maximum Gasteiger partial charge on any atom is 0.276 e. The summed E-state index contributed by atoms with van der Waals surface area (Å²) in [5.74, 6) is 0.343. The predicted molar refractivity (Wildman–Crippen MR) is 93.5 cm³/mol. The van der Waals surface area contributed by atoms with Gasteiger partial charge >= 0.3 is 0 Å². The molecule has 1 aliphatic rings. The minimum atomic E-state index is -0.371. The van der Waals surface area contributed by atoms with Crippen LogP contribution in [0.5, 0.6) is 0 Å². The van der Waals surface area contributed by atoms with Crippen LogP contribution in [-0.4, -0.2) is 21.7 Å². The lowest BCUT2D eigenvalue weighted by Crippen LogP contribution is -2.40. The van der Waals surface area contributed by atoms with Crippen molar-refractivity contribution in [1.82, 2.24) is 15.1 Å². The maximum atomic E-state index is 12.5. The third-order valence-corrected chi connectivity index (χ3v) is 4.67. The Balaban J connectivity index is 1.85. The van der Waals surface area contributed by atoms with Crippen molar-refractivity contribution in [3.8, 4) is 5.69 Å². The van der Waals surface area contributed by atoms with Gasteiger partial charge in [-0.2, -0.15) is 5.10 Å². The molecule has 5 nitrogen and oxygen atoms in total. The van der Waals surface area contributed by atoms with Crippen LogP contribution in [0.2, 0.25) is 0 Å². The molecule has 1 heterocycles. The number of hydrogen-bond acceptors (Lipinski definition) is 3. The number of para-hydroxylation sites is 1. The van der Waals surface area contributed by atoms with Gasteiger partial charge in [-0.25, -0.2) is 4.68 Å². The molecule has 1 aromatic heterocycles. The van der Waals surface area contributed by atoms with E-state index in [2.05, 4.69) is 17.3 Å². The van der Waals surface area contributed by atoms with Gasteiger partial charge < -0.3 is 5.32 Å². The third kappa shape index (κ3) is 3.55. The van der Waals surface area contributed by atoms with Crippen molar-refractivity contribution in [2.75, 3.05) is 0 Å². The highest BCUT2D eigenvalue weighted by molar-refractivity contribution is 5.92. The molecule has 0 saturated heterocycles. The highest BCUT2D eigenvalue weighted by Gasteiger charge is 2.22. The van der Waals surface area contributed by atoms with Crippen LogP contribution in [0, 0.1) is 12.8 Å². The first-order valence-corrected chi connectivity index (χ1v) is 8.52. The molecule has 0 bridgehead atoms. The molecular formula is C19H23N3O2. The first-order chi connectivity index (χ1) is 11.5. The average Bonchev–Trinajstić information content (AvgIpc) is 2.58. The van der Waals surface area contributed by atoms with Crippen LogP contribution >= 0.6 is 0 Å². The van der Waals surface area contributed by atoms with E-state index < -0.39 is 0 Å². The van der Waals surface area contributed by atoms with Gasteiger partial charge in [-0.15, -0.1) is 0 Å². The van der Waals surface area contributed by atoms with Crippen LogP contribution in [0.1, 0.15) is 48.8 Å². The number of nitrogens with zero attached hydrogens (tertiary/aromatic N) is 2. The van der Waals surface area contributed by atoms with E-state index in [4.69, 9.17) is 0 Å². The second-order valence-corrected chi connectivity index (χ2v) is 6.68. The van der Waals surface area contributed by atoms with Crippen LogP contribution in [0.25, 0.3) is 5.69 Å². The Morgan fingerprint density at radius 3 is 2.50 bits per heavy atom. The van der Waals surface area contributed by atoms with Crippen molar-refractivity contribution in [3.63, 3.8) is 0 Å². The zero-order chi connectivity index (χ0) is 17.1. The SMILES string of the molecule is Cc1cc(=O)c(C(=O)NC2CCC(C)CC2)nn1-c1ccccc1. The molecule has 0 unspecified atom stereocenters. The Hall–Kier alpha value is -2.43. The lowest BCUT2D eigenvalue weighted by molar-refractivity contribution is 0.0915. The molecule has 0 spiro atoms. The average molecular weight is 325 g/mol. The Kier molecular flexibility index (Phi) is 4.79. The molecule has 1 aromatic carbocycles. The predicted octanol–water partition coefficient (Wildman–Crippen LogP) is 2.85. The van der Waals surface area contributed by atoms with Gasteiger partial charge in [0.15, 0.2) is 5.69 Å². The molecule has 1 fully saturated rings. The molecule has 126 valence electrons. The molecule has 1 amide bonds. The van der Waals surface area contributed by atoms with E-state index in [1.165, 1.54) is 6.07 Å².